The third-order valence-corrected chi connectivity index (χ3v) is 9.21. The summed E-state index contributed by atoms with van der Waals surface area (Å²) in [6, 6.07) is 7.91. The minimum Gasteiger partial charge on any atom is -0.378 e. The van der Waals surface area contributed by atoms with Crippen molar-refractivity contribution in [3.05, 3.63) is 41.4 Å². The Morgan fingerprint density at radius 2 is 1.89 bits per heavy atom. The van der Waals surface area contributed by atoms with E-state index in [1.54, 1.807) is 34.6 Å². The van der Waals surface area contributed by atoms with E-state index in [1.807, 2.05) is 24.3 Å². The number of aromatic nitrogens is 4. The summed E-state index contributed by atoms with van der Waals surface area (Å²) in [6.07, 6.45) is 6.34. The normalized spacial score (nSPS) is 17.7. The molecule has 11 nitrogen and oxygen atoms in total. The lowest BCUT2D eigenvalue weighted by Gasteiger charge is -2.32. The average molecular weight is 554 g/mol. The van der Waals surface area contributed by atoms with Crippen LogP contribution in [0.4, 0.5) is 5.82 Å². The maximum atomic E-state index is 12.8. The van der Waals surface area contributed by atoms with Gasteiger partial charge < -0.3 is 14.5 Å². The molecule has 1 N–H and O–H groups in total. The number of anilines is 1. The van der Waals surface area contributed by atoms with E-state index >= 15 is 0 Å². The molecule has 0 atom stereocenters. The van der Waals surface area contributed by atoms with Gasteiger partial charge in [-0.25, -0.2) is 18.4 Å². The Kier molecular flexibility index (Phi) is 6.60. The fourth-order valence-corrected chi connectivity index (χ4v) is 6.63. The van der Waals surface area contributed by atoms with Crippen LogP contribution in [0, 0.1) is 0 Å². The van der Waals surface area contributed by atoms with Gasteiger partial charge in [0.2, 0.25) is 15.9 Å². The Balaban J connectivity index is 1.31. The molecule has 2 aliphatic heterocycles. The summed E-state index contributed by atoms with van der Waals surface area (Å²) < 4.78 is 31.4. The van der Waals surface area contributed by atoms with Crippen LogP contribution in [0.25, 0.3) is 38.6 Å². The second-order valence-electron chi connectivity index (χ2n) is 9.29. The Morgan fingerprint density at radius 3 is 2.66 bits per heavy atom. The molecule has 198 valence electrons. The Hall–Kier alpha value is -3.39. The predicted octanol–water partition coefficient (Wildman–Crippen LogP) is 2.19. The molecule has 2 saturated heterocycles. The van der Waals surface area contributed by atoms with E-state index in [-0.39, 0.29) is 5.91 Å². The highest BCUT2D eigenvalue weighted by molar-refractivity contribution is 7.88. The van der Waals surface area contributed by atoms with Crippen LogP contribution in [-0.4, -0.2) is 102 Å². The van der Waals surface area contributed by atoms with Crippen LogP contribution in [0.15, 0.2) is 36.5 Å². The highest BCUT2D eigenvalue weighted by atomic mass is 32.2. The molecule has 0 spiro atoms. The molecule has 2 fully saturated rings. The summed E-state index contributed by atoms with van der Waals surface area (Å²) in [5.41, 5.74) is 2.64. The average Bonchev–Trinajstić information content (AvgIpc) is 3.58. The number of thiophene rings is 1. The molecule has 0 aliphatic carbocycles. The number of rotatable bonds is 5. The number of hydrogen-bond donors (Lipinski definition) is 1. The summed E-state index contributed by atoms with van der Waals surface area (Å²) in [4.78, 5) is 27.5. The SMILES string of the molecule is CS(=O)(=O)N1CCN(C(=O)/C=C/c2cc3nc(-c4cccc5[nH]ncc45)nc(N4CCOCC4)c3s2)CC1. The van der Waals surface area contributed by atoms with E-state index in [0.717, 1.165) is 50.5 Å². The van der Waals surface area contributed by atoms with Crippen molar-refractivity contribution < 1.29 is 17.9 Å². The predicted molar refractivity (Wildman–Crippen MR) is 148 cm³/mol. The third kappa shape index (κ3) is 4.89. The lowest BCUT2D eigenvalue weighted by molar-refractivity contribution is -0.127. The van der Waals surface area contributed by atoms with Gasteiger partial charge in [0, 0.05) is 61.2 Å². The molecule has 13 heteroatoms. The highest BCUT2D eigenvalue weighted by Gasteiger charge is 2.25. The van der Waals surface area contributed by atoms with Crippen molar-refractivity contribution in [2.24, 2.45) is 0 Å². The first-order valence-electron chi connectivity index (χ1n) is 12.4. The maximum Gasteiger partial charge on any atom is 0.246 e. The van der Waals surface area contributed by atoms with Gasteiger partial charge in [0.05, 0.1) is 41.4 Å². The zero-order valence-corrected chi connectivity index (χ0v) is 22.5. The highest BCUT2D eigenvalue weighted by Crippen LogP contribution is 2.36. The van der Waals surface area contributed by atoms with Crippen molar-refractivity contribution in [2.75, 3.05) is 63.6 Å². The van der Waals surface area contributed by atoms with Gasteiger partial charge in [-0.3, -0.25) is 9.89 Å². The first kappa shape index (κ1) is 24.9. The first-order valence-corrected chi connectivity index (χ1v) is 15.0. The minimum absolute atomic E-state index is 0.137. The van der Waals surface area contributed by atoms with E-state index in [4.69, 9.17) is 14.7 Å². The molecule has 0 bridgehead atoms. The topological polar surface area (TPSA) is 125 Å². The molecule has 4 aromatic rings. The van der Waals surface area contributed by atoms with E-state index in [0.29, 0.717) is 45.2 Å². The van der Waals surface area contributed by atoms with Gasteiger partial charge >= 0.3 is 0 Å². The van der Waals surface area contributed by atoms with Crippen molar-refractivity contribution >= 4 is 60.3 Å². The van der Waals surface area contributed by atoms with Gasteiger partial charge in [-0.15, -0.1) is 11.3 Å². The standard InChI is InChI=1S/C25H27N7O4S2/c1-38(34,35)32-9-7-30(8-10-32)22(33)6-5-17-15-21-23(37-17)25(31-11-13-36-14-12-31)28-24(27-21)18-3-2-4-20-19(18)16-26-29-20/h2-6,15-16H,7-14H2,1H3,(H,26,29)/b6-5+. The zero-order valence-electron chi connectivity index (χ0n) is 20.8. The van der Waals surface area contributed by atoms with Crippen LogP contribution < -0.4 is 4.90 Å². The Bertz CT molecular complexity index is 1630. The molecule has 6 rings (SSSR count). The van der Waals surface area contributed by atoms with Gasteiger partial charge in [-0.2, -0.15) is 9.40 Å². The van der Waals surface area contributed by atoms with E-state index in [2.05, 4.69) is 15.1 Å². The first-order chi connectivity index (χ1) is 18.4. The third-order valence-electron chi connectivity index (χ3n) is 6.82. The molecule has 1 amide bonds. The van der Waals surface area contributed by atoms with Crippen LogP contribution in [0.5, 0.6) is 0 Å². The van der Waals surface area contributed by atoms with E-state index in [1.165, 1.54) is 10.6 Å². The van der Waals surface area contributed by atoms with Gasteiger partial charge in [-0.1, -0.05) is 12.1 Å². The summed E-state index contributed by atoms with van der Waals surface area (Å²) >= 11 is 1.55. The van der Waals surface area contributed by atoms with Gasteiger partial charge in [-0.05, 0) is 18.2 Å². The molecule has 38 heavy (non-hydrogen) atoms. The number of piperazine rings is 1. The molecular formula is C25H27N7O4S2. The van der Waals surface area contributed by atoms with Gasteiger partial charge in [0.25, 0.3) is 0 Å². The lowest BCUT2D eigenvalue weighted by Crippen LogP contribution is -2.49. The number of nitrogens with zero attached hydrogens (tertiary/aromatic N) is 6. The van der Waals surface area contributed by atoms with Crippen molar-refractivity contribution in [1.82, 2.24) is 29.4 Å². The number of benzene rings is 1. The number of hydrogen-bond acceptors (Lipinski definition) is 9. The molecule has 1 aromatic carbocycles. The second kappa shape index (κ2) is 10.1. The Labute approximate surface area is 223 Å². The maximum absolute atomic E-state index is 12.8. The largest absolute Gasteiger partial charge is 0.378 e. The quantitative estimate of drug-likeness (QED) is 0.373. The minimum atomic E-state index is -3.24. The second-order valence-corrected chi connectivity index (χ2v) is 12.4. The van der Waals surface area contributed by atoms with Crippen molar-refractivity contribution in [3.8, 4) is 11.4 Å². The van der Waals surface area contributed by atoms with Gasteiger partial charge in [0.15, 0.2) is 11.6 Å². The molecule has 3 aromatic heterocycles. The number of carbonyl (C=O) groups excluding carboxylic acids is 1. The van der Waals surface area contributed by atoms with Crippen LogP contribution >= 0.6 is 11.3 Å². The van der Waals surface area contributed by atoms with Crippen LogP contribution in [-0.2, 0) is 19.6 Å². The van der Waals surface area contributed by atoms with Crippen LogP contribution in [0.3, 0.4) is 0 Å². The number of carbonyl (C=O) groups is 1. The van der Waals surface area contributed by atoms with Crippen molar-refractivity contribution in [1.29, 1.82) is 0 Å². The summed E-state index contributed by atoms with van der Waals surface area (Å²) in [6.45, 7) is 4.12. The van der Waals surface area contributed by atoms with Crippen molar-refractivity contribution in [3.63, 3.8) is 0 Å². The van der Waals surface area contributed by atoms with Crippen molar-refractivity contribution in [2.45, 2.75) is 0 Å². The molecule has 2 aliphatic rings. The lowest BCUT2D eigenvalue weighted by atomic mass is 10.1. The molecule has 0 unspecified atom stereocenters. The van der Waals surface area contributed by atoms with E-state index in [9.17, 15) is 13.2 Å². The summed E-state index contributed by atoms with van der Waals surface area (Å²) in [7, 11) is -3.24. The smallest absolute Gasteiger partial charge is 0.246 e. The zero-order chi connectivity index (χ0) is 26.3. The number of morpholine rings is 1. The number of H-pyrrole nitrogens is 1. The Morgan fingerprint density at radius 1 is 1.11 bits per heavy atom. The molecule has 0 radical (unpaired) electrons. The number of ether oxygens (including phenoxy) is 1. The van der Waals surface area contributed by atoms with E-state index < -0.39 is 10.0 Å². The number of nitrogens with one attached hydrogen (secondary N) is 1. The number of sulfonamides is 1. The molecule has 5 heterocycles. The summed E-state index contributed by atoms with van der Waals surface area (Å²) in [5, 5.41) is 8.14. The molecule has 0 saturated carbocycles. The molecular weight excluding hydrogens is 526 g/mol. The number of fused-ring (bicyclic) bond motifs is 2. The number of amides is 1. The number of aromatic amines is 1. The fourth-order valence-electron chi connectivity index (χ4n) is 4.79. The summed E-state index contributed by atoms with van der Waals surface area (Å²) in [5.74, 6) is 1.35. The monoisotopic (exact) mass is 553 g/mol. The fraction of sp³-hybridized carbons (Fsp3) is 0.360. The van der Waals surface area contributed by atoms with Gasteiger partial charge in [0.1, 0.15) is 0 Å². The van der Waals surface area contributed by atoms with Crippen LogP contribution in [0.1, 0.15) is 4.88 Å². The van der Waals surface area contributed by atoms with Crippen LogP contribution in [0.2, 0.25) is 0 Å².